The van der Waals surface area contributed by atoms with E-state index >= 15 is 0 Å². The Hall–Kier alpha value is -2.50. The number of halogens is 1. The van der Waals surface area contributed by atoms with Crippen LogP contribution in [0.1, 0.15) is 5.56 Å². The molecular weight excluding hydrogens is 239 g/mol. The second-order valence-corrected chi connectivity index (χ2v) is 3.46. The predicted molar refractivity (Wildman–Crippen MR) is 61.6 cm³/mol. The second kappa shape index (κ2) is 5.22. The highest BCUT2D eigenvalue weighted by atomic mass is 19.1. The fourth-order valence-corrected chi connectivity index (χ4v) is 1.40. The van der Waals surface area contributed by atoms with Gasteiger partial charge >= 0.3 is 5.82 Å². The van der Waals surface area contributed by atoms with Crippen LogP contribution in [-0.2, 0) is 6.61 Å². The van der Waals surface area contributed by atoms with Gasteiger partial charge < -0.3 is 14.9 Å². The van der Waals surface area contributed by atoms with Crippen molar-refractivity contribution < 1.29 is 14.1 Å². The van der Waals surface area contributed by atoms with Gasteiger partial charge in [-0.2, -0.15) is 0 Å². The molecule has 5 nitrogen and oxygen atoms in total. The minimum absolute atomic E-state index is 0.0192. The summed E-state index contributed by atoms with van der Waals surface area (Å²) in [6, 6.07) is 9.02. The lowest BCUT2D eigenvalue weighted by Crippen LogP contribution is -2.01. The average molecular weight is 248 g/mol. The van der Waals surface area contributed by atoms with E-state index in [1.165, 1.54) is 24.4 Å². The third-order valence-electron chi connectivity index (χ3n) is 2.26. The van der Waals surface area contributed by atoms with Gasteiger partial charge in [0.1, 0.15) is 18.6 Å². The Morgan fingerprint density at radius 3 is 2.78 bits per heavy atom. The maximum Gasteiger partial charge on any atom is 0.406 e. The summed E-state index contributed by atoms with van der Waals surface area (Å²) >= 11 is 0. The first kappa shape index (κ1) is 12.0. The highest BCUT2D eigenvalue weighted by Gasteiger charge is 2.15. The summed E-state index contributed by atoms with van der Waals surface area (Å²) in [6.45, 7) is -0.0841. The number of ether oxygens (including phenoxy) is 1. The standard InChI is InChI=1S/C12H9FN2O3/c13-10-5-2-1-4-9(10)8-18-11-6-3-7-14-12(11)15(16)17/h1-7H,8H2. The number of hydrogen-bond acceptors (Lipinski definition) is 4. The molecule has 1 aromatic carbocycles. The smallest absolute Gasteiger partial charge is 0.406 e. The number of aromatic nitrogens is 1. The quantitative estimate of drug-likeness (QED) is 0.616. The Bertz CT molecular complexity index is 575. The maximum absolute atomic E-state index is 13.3. The summed E-state index contributed by atoms with van der Waals surface area (Å²) in [5, 5.41) is 10.7. The molecule has 18 heavy (non-hydrogen) atoms. The van der Waals surface area contributed by atoms with Crippen LogP contribution in [0.2, 0.25) is 0 Å². The van der Waals surface area contributed by atoms with E-state index in [4.69, 9.17) is 4.74 Å². The molecule has 0 unspecified atom stereocenters. The van der Waals surface area contributed by atoms with Crippen LogP contribution in [0.15, 0.2) is 42.6 Å². The number of rotatable bonds is 4. The predicted octanol–water partition coefficient (Wildman–Crippen LogP) is 2.71. The monoisotopic (exact) mass is 248 g/mol. The molecule has 1 heterocycles. The van der Waals surface area contributed by atoms with Crippen molar-refractivity contribution in [1.29, 1.82) is 0 Å². The summed E-state index contributed by atoms with van der Waals surface area (Å²) in [6.07, 6.45) is 1.30. The van der Waals surface area contributed by atoms with Gasteiger partial charge in [0.2, 0.25) is 5.75 Å². The van der Waals surface area contributed by atoms with Gasteiger partial charge in [0, 0.05) is 5.56 Å². The normalized spacial score (nSPS) is 10.1. The lowest BCUT2D eigenvalue weighted by Gasteiger charge is -2.06. The number of benzene rings is 1. The number of pyridine rings is 1. The van der Waals surface area contributed by atoms with Crippen molar-refractivity contribution in [1.82, 2.24) is 4.98 Å². The molecule has 0 fully saturated rings. The third kappa shape index (κ3) is 2.60. The van der Waals surface area contributed by atoms with Gasteiger partial charge in [-0.15, -0.1) is 0 Å². The van der Waals surface area contributed by atoms with Crippen molar-refractivity contribution in [2.75, 3.05) is 0 Å². The van der Waals surface area contributed by atoms with Crippen molar-refractivity contribution in [3.8, 4) is 5.75 Å². The molecule has 0 radical (unpaired) electrons. The zero-order valence-electron chi connectivity index (χ0n) is 9.25. The molecule has 0 spiro atoms. The van der Waals surface area contributed by atoms with Crippen LogP contribution in [0, 0.1) is 15.9 Å². The van der Waals surface area contributed by atoms with Gasteiger partial charge in [-0.1, -0.05) is 18.2 Å². The van der Waals surface area contributed by atoms with Gasteiger partial charge in [0.25, 0.3) is 0 Å². The van der Waals surface area contributed by atoms with Crippen molar-refractivity contribution in [2.45, 2.75) is 6.61 Å². The summed E-state index contributed by atoms with van der Waals surface area (Å²) in [4.78, 5) is 13.6. The SMILES string of the molecule is O=[N+]([O-])c1ncccc1OCc1ccccc1F. The van der Waals surface area contributed by atoms with E-state index in [-0.39, 0.29) is 18.2 Å². The summed E-state index contributed by atoms with van der Waals surface area (Å²) in [7, 11) is 0. The van der Waals surface area contributed by atoms with E-state index in [9.17, 15) is 14.5 Å². The number of nitro groups is 1. The molecule has 0 N–H and O–H groups in total. The van der Waals surface area contributed by atoms with Crippen LogP contribution < -0.4 is 4.74 Å². The highest BCUT2D eigenvalue weighted by Crippen LogP contribution is 2.24. The molecule has 6 heteroatoms. The Balaban J connectivity index is 2.16. The van der Waals surface area contributed by atoms with Crippen LogP contribution in [0.3, 0.4) is 0 Å². The molecule has 0 saturated carbocycles. The van der Waals surface area contributed by atoms with Crippen molar-refractivity contribution in [3.05, 3.63) is 64.1 Å². The van der Waals surface area contributed by atoms with Gasteiger partial charge in [0.05, 0.1) is 0 Å². The first-order valence-corrected chi connectivity index (χ1v) is 5.14. The number of hydrogen-bond donors (Lipinski definition) is 0. The topological polar surface area (TPSA) is 65.3 Å². The van der Waals surface area contributed by atoms with Crippen molar-refractivity contribution in [2.24, 2.45) is 0 Å². The van der Waals surface area contributed by atoms with E-state index in [2.05, 4.69) is 4.98 Å². The van der Waals surface area contributed by atoms with E-state index in [0.717, 1.165) is 0 Å². The lowest BCUT2D eigenvalue weighted by atomic mass is 10.2. The van der Waals surface area contributed by atoms with E-state index in [0.29, 0.717) is 5.56 Å². The minimum atomic E-state index is -0.642. The van der Waals surface area contributed by atoms with Crippen LogP contribution in [-0.4, -0.2) is 9.91 Å². The molecule has 0 aliphatic heterocycles. The summed E-state index contributed by atoms with van der Waals surface area (Å²) < 4.78 is 18.5. The third-order valence-corrected chi connectivity index (χ3v) is 2.26. The van der Waals surface area contributed by atoms with Crippen molar-refractivity contribution in [3.63, 3.8) is 0 Å². The molecule has 0 amide bonds. The van der Waals surface area contributed by atoms with Gasteiger partial charge in [-0.3, -0.25) is 0 Å². The first-order chi connectivity index (χ1) is 8.68. The minimum Gasteiger partial charge on any atom is -0.481 e. The van der Waals surface area contributed by atoms with Crippen LogP contribution >= 0.6 is 0 Å². The Kier molecular flexibility index (Phi) is 3.47. The van der Waals surface area contributed by atoms with Crippen molar-refractivity contribution >= 4 is 5.82 Å². The van der Waals surface area contributed by atoms with Gasteiger partial charge in [-0.05, 0) is 28.1 Å². The maximum atomic E-state index is 13.3. The lowest BCUT2D eigenvalue weighted by molar-refractivity contribution is -0.390. The zero-order valence-corrected chi connectivity index (χ0v) is 9.25. The molecule has 2 aromatic rings. The van der Waals surface area contributed by atoms with E-state index in [1.54, 1.807) is 18.2 Å². The van der Waals surface area contributed by atoms with Gasteiger partial charge in [-0.25, -0.2) is 4.39 Å². The second-order valence-electron chi connectivity index (χ2n) is 3.46. The molecule has 0 saturated heterocycles. The van der Waals surface area contributed by atoms with Crippen LogP contribution in [0.25, 0.3) is 0 Å². The first-order valence-electron chi connectivity index (χ1n) is 5.14. The molecule has 92 valence electrons. The van der Waals surface area contributed by atoms with E-state index in [1.807, 2.05) is 0 Å². The fraction of sp³-hybridized carbons (Fsp3) is 0.0833. The zero-order chi connectivity index (χ0) is 13.0. The summed E-state index contributed by atoms with van der Waals surface area (Å²) in [5.74, 6) is -0.774. The summed E-state index contributed by atoms with van der Waals surface area (Å²) in [5.41, 5.74) is 0.329. The average Bonchev–Trinajstić information content (AvgIpc) is 2.38. The Morgan fingerprint density at radius 2 is 2.06 bits per heavy atom. The molecule has 0 atom stereocenters. The molecular formula is C12H9FN2O3. The largest absolute Gasteiger partial charge is 0.481 e. The molecule has 0 aliphatic carbocycles. The van der Waals surface area contributed by atoms with Crippen LogP contribution in [0.5, 0.6) is 5.75 Å². The van der Waals surface area contributed by atoms with Gasteiger partial charge in [0.15, 0.2) is 0 Å². The molecule has 1 aromatic heterocycles. The molecule has 0 bridgehead atoms. The Morgan fingerprint density at radius 1 is 1.28 bits per heavy atom. The van der Waals surface area contributed by atoms with Crippen LogP contribution in [0.4, 0.5) is 10.2 Å². The fourth-order valence-electron chi connectivity index (χ4n) is 1.40. The Labute approximate surface area is 102 Å². The highest BCUT2D eigenvalue weighted by molar-refractivity contribution is 5.38. The molecule has 2 rings (SSSR count). The molecule has 0 aliphatic rings. The number of nitrogens with zero attached hydrogens (tertiary/aromatic N) is 2. The van der Waals surface area contributed by atoms with E-state index < -0.39 is 10.7 Å².